The smallest absolute Gasteiger partial charge is 0.235 e. The van der Waals surface area contributed by atoms with Crippen molar-refractivity contribution >= 4 is 28.2 Å². The molecule has 10 nitrogen and oxygen atoms in total. The molecule has 3 aromatic heterocycles. The van der Waals surface area contributed by atoms with Crippen LogP contribution in [0.25, 0.3) is 22.2 Å². The van der Waals surface area contributed by atoms with Crippen LogP contribution in [0.4, 0.5) is 5.95 Å². The number of imidazole rings is 1. The average molecular weight is 549 g/mol. The van der Waals surface area contributed by atoms with Gasteiger partial charge < -0.3 is 14.2 Å². The monoisotopic (exact) mass is 548 g/mol. The highest BCUT2D eigenvalue weighted by Gasteiger charge is 2.49. The summed E-state index contributed by atoms with van der Waals surface area (Å²) in [6, 6.07) is 9.97. The molecule has 0 radical (unpaired) electrons. The first-order chi connectivity index (χ1) is 18.9. The van der Waals surface area contributed by atoms with Gasteiger partial charge in [-0.2, -0.15) is 4.31 Å². The summed E-state index contributed by atoms with van der Waals surface area (Å²) in [4.78, 5) is 12.1. The van der Waals surface area contributed by atoms with Crippen LogP contribution in [0.2, 0.25) is 0 Å². The second-order valence-corrected chi connectivity index (χ2v) is 12.0. The topological polar surface area (TPSA) is 110 Å². The summed E-state index contributed by atoms with van der Waals surface area (Å²) >= 11 is -1.97. The van der Waals surface area contributed by atoms with Crippen molar-refractivity contribution in [2.24, 2.45) is 0 Å². The zero-order valence-electron chi connectivity index (χ0n) is 22.3. The van der Waals surface area contributed by atoms with Crippen LogP contribution in [0.1, 0.15) is 55.8 Å². The molecular weight excluding hydrogens is 516 g/mol. The highest BCUT2D eigenvalue weighted by molar-refractivity contribution is 7.76. The van der Waals surface area contributed by atoms with E-state index in [0.29, 0.717) is 6.61 Å². The van der Waals surface area contributed by atoms with Crippen molar-refractivity contribution < 1.29 is 18.0 Å². The minimum absolute atomic E-state index is 0.0712. The van der Waals surface area contributed by atoms with Gasteiger partial charge in [0, 0.05) is 36.4 Å². The molecule has 2 aliphatic heterocycles. The highest BCUT2D eigenvalue weighted by Crippen LogP contribution is 2.47. The SMILES string of the molecule is Cc1noc(C)c1-c1ccc2nc(N3CCC(N(S(=O)O)C4(C)CC4)CC3)n3c2c1OC[C@@H]3c1ccccn1. The van der Waals surface area contributed by atoms with Crippen molar-refractivity contribution in [2.75, 3.05) is 24.6 Å². The summed E-state index contributed by atoms with van der Waals surface area (Å²) < 4.78 is 38.4. The predicted octanol–water partition coefficient (Wildman–Crippen LogP) is 4.64. The standard InChI is InChI=1S/C28H32N6O4S/c1-17-24(18(2)38-31-17)20-7-8-22-25-26(20)37-16-23(21-6-4-5-13-29-21)33(25)27(30-22)32-14-9-19(10-15-32)34(39(35)36)28(3)11-12-28/h4-8,13,19,23H,9-12,14-16H2,1-3H3,(H,35,36)/t23-/m1/s1. The first-order valence-corrected chi connectivity index (χ1v) is 14.6. The van der Waals surface area contributed by atoms with E-state index < -0.39 is 11.3 Å². The van der Waals surface area contributed by atoms with Gasteiger partial charge in [0.15, 0.2) is 5.75 Å². The van der Waals surface area contributed by atoms with Gasteiger partial charge in [-0.05, 0) is 70.7 Å². The summed E-state index contributed by atoms with van der Waals surface area (Å²) in [7, 11) is 0. The van der Waals surface area contributed by atoms with Crippen molar-refractivity contribution in [1.29, 1.82) is 0 Å². The minimum atomic E-state index is -1.97. The van der Waals surface area contributed by atoms with Crippen LogP contribution in [0.3, 0.4) is 0 Å². The molecular formula is C28H32N6O4S. The Morgan fingerprint density at radius 3 is 2.59 bits per heavy atom. The second-order valence-electron chi connectivity index (χ2n) is 11.1. The Labute approximate surface area is 229 Å². The Balaban J connectivity index is 1.31. The van der Waals surface area contributed by atoms with E-state index >= 15 is 0 Å². The number of rotatable bonds is 6. The normalized spacial score (nSPS) is 21.4. The van der Waals surface area contributed by atoms with Gasteiger partial charge in [-0.1, -0.05) is 11.2 Å². The van der Waals surface area contributed by atoms with Crippen molar-refractivity contribution in [3.05, 3.63) is 53.7 Å². The van der Waals surface area contributed by atoms with Crippen LogP contribution >= 0.6 is 0 Å². The predicted molar refractivity (Wildman–Crippen MR) is 148 cm³/mol. The molecule has 0 bridgehead atoms. The van der Waals surface area contributed by atoms with E-state index in [2.05, 4.69) is 26.5 Å². The van der Waals surface area contributed by atoms with Crippen LogP contribution in [-0.4, -0.2) is 64.0 Å². The molecule has 1 N–H and O–H groups in total. The number of aromatic nitrogens is 4. The molecule has 11 heteroatoms. The zero-order chi connectivity index (χ0) is 26.9. The number of piperidine rings is 1. The maximum absolute atomic E-state index is 12.3. The summed E-state index contributed by atoms with van der Waals surface area (Å²) in [5, 5.41) is 4.17. The zero-order valence-corrected chi connectivity index (χ0v) is 23.1. The van der Waals surface area contributed by atoms with Gasteiger partial charge in [-0.15, -0.1) is 0 Å². The molecule has 3 aliphatic rings. The molecule has 204 valence electrons. The molecule has 2 atom stereocenters. The molecule has 4 aromatic rings. The number of benzene rings is 1. The summed E-state index contributed by atoms with van der Waals surface area (Å²) in [5.41, 5.74) is 5.28. The van der Waals surface area contributed by atoms with E-state index in [-0.39, 0.29) is 17.6 Å². The molecule has 0 amide bonds. The van der Waals surface area contributed by atoms with Crippen LogP contribution in [0, 0.1) is 13.8 Å². The fourth-order valence-corrected chi connectivity index (χ4v) is 7.39. The van der Waals surface area contributed by atoms with Gasteiger partial charge in [0.2, 0.25) is 17.2 Å². The summed E-state index contributed by atoms with van der Waals surface area (Å²) in [6.45, 7) is 7.88. The molecule has 7 rings (SSSR count). The van der Waals surface area contributed by atoms with Gasteiger partial charge in [0.05, 0.1) is 22.5 Å². The van der Waals surface area contributed by atoms with Gasteiger partial charge in [0.25, 0.3) is 0 Å². The lowest BCUT2D eigenvalue weighted by molar-refractivity contribution is 0.207. The van der Waals surface area contributed by atoms with Crippen molar-refractivity contribution in [3.63, 3.8) is 0 Å². The van der Waals surface area contributed by atoms with Gasteiger partial charge >= 0.3 is 0 Å². The first kappa shape index (κ1) is 24.7. The second kappa shape index (κ2) is 9.14. The van der Waals surface area contributed by atoms with Gasteiger partial charge in [-0.25, -0.2) is 9.19 Å². The average Bonchev–Trinajstić information content (AvgIpc) is 3.41. The van der Waals surface area contributed by atoms with Crippen LogP contribution < -0.4 is 9.64 Å². The molecule has 1 unspecified atom stereocenters. The van der Waals surface area contributed by atoms with Crippen molar-refractivity contribution in [2.45, 2.75) is 64.1 Å². The van der Waals surface area contributed by atoms with E-state index in [1.807, 2.05) is 54.7 Å². The lowest BCUT2D eigenvalue weighted by Gasteiger charge is -2.40. The van der Waals surface area contributed by atoms with E-state index in [9.17, 15) is 8.76 Å². The summed E-state index contributed by atoms with van der Waals surface area (Å²) in [5.74, 6) is 2.42. The lowest BCUT2D eigenvalue weighted by Crippen LogP contribution is -2.50. The lowest BCUT2D eigenvalue weighted by atomic mass is 10.0. The van der Waals surface area contributed by atoms with Gasteiger partial charge in [-0.3, -0.25) is 14.1 Å². The number of nitrogens with zero attached hydrogens (tertiary/aromatic N) is 6. The molecule has 1 saturated carbocycles. The van der Waals surface area contributed by atoms with E-state index in [4.69, 9.17) is 14.2 Å². The molecule has 39 heavy (non-hydrogen) atoms. The fraction of sp³-hybridized carbons (Fsp3) is 0.464. The van der Waals surface area contributed by atoms with Crippen molar-refractivity contribution in [3.8, 4) is 16.9 Å². The van der Waals surface area contributed by atoms with E-state index in [0.717, 1.165) is 89.8 Å². The Morgan fingerprint density at radius 2 is 1.95 bits per heavy atom. The van der Waals surface area contributed by atoms with E-state index in [1.165, 1.54) is 0 Å². The Hall–Kier alpha value is -3.28. The Bertz CT molecular complexity index is 1550. The number of hydrogen-bond acceptors (Lipinski definition) is 7. The Kier molecular flexibility index (Phi) is 5.80. The molecule has 2 fully saturated rings. The third kappa shape index (κ3) is 3.97. The van der Waals surface area contributed by atoms with E-state index in [1.54, 1.807) is 0 Å². The number of ether oxygens (including phenoxy) is 1. The molecule has 1 aromatic carbocycles. The molecule has 1 saturated heterocycles. The highest BCUT2D eigenvalue weighted by atomic mass is 32.2. The van der Waals surface area contributed by atoms with Crippen LogP contribution in [0.15, 0.2) is 41.1 Å². The third-order valence-electron chi connectivity index (χ3n) is 8.57. The first-order valence-electron chi connectivity index (χ1n) is 13.5. The maximum atomic E-state index is 12.3. The summed E-state index contributed by atoms with van der Waals surface area (Å²) in [6.07, 6.45) is 5.35. The van der Waals surface area contributed by atoms with Crippen LogP contribution in [-0.2, 0) is 11.3 Å². The number of pyridine rings is 1. The quantitative estimate of drug-likeness (QED) is 0.347. The molecule has 0 spiro atoms. The maximum Gasteiger partial charge on any atom is 0.235 e. The number of hydrogen-bond donors (Lipinski definition) is 1. The number of aryl methyl sites for hydroxylation is 2. The van der Waals surface area contributed by atoms with Crippen LogP contribution in [0.5, 0.6) is 5.75 Å². The molecule has 5 heterocycles. The van der Waals surface area contributed by atoms with Gasteiger partial charge in [0.1, 0.15) is 23.9 Å². The number of anilines is 1. The van der Waals surface area contributed by atoms with Crippen molar-refractivity contribution in [1.82, 2.24) is 24.0 Å². The molecule has 1 aliphatic carbocycles. The Morgan fingerprint density at radius 1 is 1.15 bits per heavy atom. The minimum Gasteiger partial charge on any atom is -0.488 e. The third-order valence-corrected chi connectivity index (χ3v) is 9.64. The largest absolute Gasteiger partial charge is 0.488 e. The fourth-order valence-electron chi connectivity index (χ4n) is 6.36.